The normalized spacial score (nSPS) is 20.5. The van der Waals surface area contributed by atoms with Gasteiger partial charge in [-0.2, -0.15) is 0 Å². The van der Waals surface area contributed by atoms with Crippen molar-refractivity contribution in [3.05, 3.63) is 82.0 Å². The number of carbonyl (C=O) groups is 1. The second-order valence-corrected chi connectivity index (χ2v) is 7.13. The average molecular weight is 389 g/mol. The predicted octanol–water partition coefficient (Wildman–Crippen LogP) is 5.47. The molecular formula is C19H17BrO2S. The van der Waals surface area contributed by atoms with E-state index in [9.17, 15) is 4.79 Å². The molecule has 0 amide bonds. The highest BCUT2D eigenvalue weighted by molar-refractivity contribution is 9.10. The minimum Gasteiger partial charge on any atom is -0.481 e. The number of benzene rings is 2. The number of rotatable bonds is 3. The van der Waals surface area contributed by atoms with E-state index in [0.717, 1.165) is 16.5 Å². The van der Waals surface area contributed by atoms with E-state index in [0.29, 0.717) is 5.76 Å². The zero-order valence-corrected chi connectivity index (χ0v) is 15.1. The molecule has 3 rings (SSSR count). The lowest BCUT2D eigenvalue weighted by atomic mass is 9.88. The van der Waals surface area contributed by atoms with Gasteiger partial charge in [0.1, 0.15) is 6.10 Å². The quantitative estimate of drug-likeness (QED) is 0.697. The van der Waals surface area contributed by atoms with Crippen molar-refractivity contribution in [2.45, 2.75) is 18.4 Å². The van der Waals surface area contributed by atoms with Crippen molar-refractivity contribution < 1.29 is 9.53 Å². The van der Waals surface area contributed by atoms with Crippen LogP contribution in [0.25, 0.3) is 0 Å². The highest BCUT2D eigenvalue weighted by Crippen LogP contribution is 2.39. The molecular weight excluding hydrogens is 372 g/mol. The molecule has 2 aromatic rings. The topological polar surface area (TPSA) is 26.3 Å². The van der Waals surface area contributed by atoms with Gasteiger partial charge in [0, 0.05) is 10.4 Å². The molecule has 1 aliphatic rings. The van der Waals surface area contributed by atoms with Crippen LogP contribution in [0, 0.1) is 0 Å². The summed E-state index contributed by atoms with van der Waals surface area (Å²) in [6.07, 6.45) is 4.47. The number of allylic oxidation sites excluding steroid dienone is 1. The maximum absolute atomic E-state index is 12.1. The van der Waals surface area contributed by atoms with Crippen LogP contribution < -0.4 is 0 Å². The fraction of sp³-hybridized carbons (Fsp3) is 0.211. The van der Waals surface area contributed by atoms with Gasteiger partial charge >= 0.3 is 0 Å². The molecule has 1 heterocycles. The van der Waals surface area contributed by atoms with Gasteiger partial charge in [-0.1, -0.05) is 70.2 Å². The van der Waals surface area contributed by atoms with Crippen LogP contribution in [0.5, 0.6) is 0 Å². The summed E-state index contributed by atoms with van der Waals surface area (Å²) in [5.74, 6) is 0.648. The molecule has 2 atom stereocenters. The molecule has 0 bridgehead atoms. The minimum atomic E-state index is -0.107. The third-order valence-corrected chi connectivity index (χ3v) is 5.05. The Balaban J connectivity index is 1.93. The third-order valence-electron chi connectivity index (χ3n) is 3.95. The second kappa shape index (κ2) is 7.37. The van der Waals surface area contributed by atoms with E-state index >= 15 is 0 Å². The Hall–Kier alpha value is -1.52. The fourth-order valence-corrected chi connectivity index (χ4v) is 3.33. The van der Waals surface area contributed by atoms with E-state index in [2.05, 4.69) is 28.1 Å². The van der Waals surface area contributed by atoms with E-state index in [1.165, 1.54) is 17.3 Å². The number of hydrogen-bond donors (Lipinski definition) is 0. The Labute approximate surface area is 149 Å². The molecule has 0 aromatic heterocycles. The maximum Gasteiger partial charge on any atom is 0.253 e. The van der Waals surface area contributed by atoms with Crippen molar-refractivity contribution in [2.75, 3.05) is 6.26 Å². The Kier molecular flexibility index (Phi) is 5.23. The van der Waals surface area contributed by atoms with Gasteiger partial charge in [-0.15, -0.1) is 0 Å². The van der Waals surface area contributed by atoms with Gasteiger partial charge in [0.2, 0.25) is 0 Å². The highest BCUT2D eigenvalue weighted by Gasteiger charge is 2.28. The van der Waals surface area contributed by atoms with Crippen LogP contribution in [0.4, 0.5) is 0 Å². The standard InChI is InChI=1S/C19H17BrO2S/c1-23-19(21)18-12-15(13-5-3-2-4-6-13)11-17(22-18)14-7-9-16(20)10-8-14/h2-10,12,15,17H,11H2,1H3/t15-,17-/m0/s1. The number of hydrogen-bond acceptors (Lipinski definition) is 3. The second-order valence-electron chi connectivity index (χ2n) is 5.43. The SMILES string of the molecule is CSC(=O)C1=C[C@@H](c2ccccc2)C[C@@H](c2ccc(Br)cc2)O1. The minimum absolute atomic E-state index is 0.0206. The smallest absolute Gasteiger partial charge is 0.253 e. The van der Waals surface area contributed by atoms with E-state index in [1.54, 1.807) is 6.26 Å². The van der Waals surface area contributed by atoms with Crippen molar-refractivity contribution in [2.24, 2.45) is 0 Å². The summed E-state index contributed by atoms with van der Waals surface area (Å²) in [7, 11) is 0. The lowest BCUT2D eigenvalue weighted by Gasteiger charge is -2.29. The summed E-state index contributed by atoms with van der Waals surface area (Å²) in [4.78, 5) is 12.1. The van der Waals surface area contributed by atoms with Gasteiger partial charge in [0.25, 0.3) is 5.12 Å². The molecule has 23 heavy (non-hydrogen) atoms. The monoisotopic (exact) mass is 388 g/mol. The van der Waals surface area contributed by atoms with Crippen LogP contribution in [0.3, 0.4) is 0 Å². The van der Waals surface area contributed by atoms with Crippen molar-refractivity contribution in [3.63, 3.8) is 0 Å². The molecule has 0 fully saturated rings. The van der Waals surface area contributed by atoms with Crippen LogP contribution in [0.2, 0.25) is 0 Å². The van der Waals surface area contributed by atoms with Crippen molar-refractivity contribution in [1.29, 1.82) is 0 Å². The number of carbonyl (C=O) groups excluding carboxylic acids is 1. The molecule has 0 spiro atoms. The molecule has 2 nitrogen and oxygen atoms in total. The molecule has 0 N–H and O–H groups in total. The zero-order chi connectivity index (χ0) is 16.2. The van der Waals surface area contributed by atoms with E-state index in [-0.39, 0.29) is 17.1 Å². The Morgan fingerprint density at radius 1 is 1.09 bits per heavy atom. The van der Waals surface area contributed by atoms with Crippen molar-refractivity contribution in [1.82, 2.24) is 0 Å². The molecule has 1 aliphatic heterocycles. The summed E-state index contributed by atoms with van der Waals surface area (Å²) in [5.41, 5.74) is 2.30. The van der Waals surface area contributed by atoms with E-state index in [1.807, 2.05) is 48.5 Å². The summed E-state index contributed by atoms with van der Waals surface area (Å²) in [6.45, 7) is 0. The summed E-state index contributed by atoms with van der Waals surface area (Å²) in [5, 5.41) is -0.0206. The molecule has 4 heteroatoms. The number of thioether (sulfide) groups is 1. The first-order valence-corrected chi connectivity index (χ1v) is 9.46. The first kappa shape index (κ1) is 16.3. The Bertz CT molecular complexity index is 710. The highest BCUT2D eigenvalue weighted by atomic mass is 79.9. The lowest BCUT2D eigenvalue weighted by molar-refractivity contribution is -0.112. The van der Waals surface area contributed by atoms with Gasteiger partial charge in [-0.05, 0) is 42.0 Å². The number of ether oxygens (including phenoxy) is 1. The molecule has 0 aliphatic carbocycles. The molecule has 0 saturated heterocycles. The van der Waals surface area contributed by atoms with Crippen LogP contribution in [0.15, 0.2) is 70.9 Å². The van der Waals surface area contributed by atoms with E-state index in [4.69, 9.17) is 4.74 Å². The van der Waals surface area contributed by atoms with Crippen LogP contribution in [-0.4, -0.2) is 11.4 Å². The molecule has 0 radical (unpaired) electrons. The average Bonchev–Trinajstić information content (AvgIpc) is 2.62. The first-order valence-electron chi connectivity index (χ1n) is 7.44. The fourth-order valence-electron chi connectivity index (χ4n) is 2.75. The van der Waals surface area contributed by atoms with E-state index < -0.39 is 0 Å². The molecule has 0 unspecified atom stereocenters. The van der Waals surface area contributed by atoms with Gasteiger partial charge in [-0.25, -0.2) is 0 Å². The lowest BCUT2D eigenvalue weighted by Crippen LogP contribution is -2.18. The van der Waals surface area contributed by atoms with Gasteiger partial charge < -0.3 is 4.74 Å². The Morgan fingerprint density at radius 3 is 2.43 bits per heavy atom. The molecule has 118 valence electrons. The predicted molar refractivity (Wildman–Crippen MR) is 98.4 cm³/mol. The summed E-state index contributed by atoms with van der Waals surface area (Å²) >= 11 is 4.64. The third kappa shape index (κ3) is 3.88. The molecule has 0 saturated carbocycles. The summed E-state index contributed by atoms with van der Waals surface area (Å²) < 4.78 is 7.03. The van der Waals surface area contributed by atoms with Crippen LogP contribution >= 0.6 is 27.7 Å². The van der Waals surface area contributed by atoms with Crippen LogP contribution in [-0.2, 0) is 9.53 Å². The van der Waals surface area contributed by atoms with Gasteiger partial charge in [-0.3, -0.25) is 4.79 Å². The van der Waals surface area contributed by atoms with Crippen LogP contribution in [0.1, 0.15) is 29.6 Å². The van der Waals surface area contributed by atoms with Gasteiger partial charge in [0.05, 0.1) is 0 Å². The van der Waals surface area contributed by atoms with Crippen molar-refractivity contribution >= 4 is 32.8 Å². The zero-order valence-electron chi connectivity index (χ0n) is 12.7. The maximum atomic E-state index is 12.1. The van der Waals surface area contributed by atoms with Crippen molar-refractivity contribution in [3.8, 4) is 0 Å². The van der Waals surface area contributed by atoms with Gasteiger partial charge in [0.15, 0.2) is 5.76 Å². The largest absolute Gasteiger partial charge is 0.481 e. The number of halogens is 1. The molecule has 2 aromatic carbocycles. The summed E-state index contributed by atoms with van der Waals surface area (Å²) in [6, 6.07) is 18.4. The first-order chi connectivity index (χ1) is 11.2. The Morgan fingerprint density at radius 2 is 1.78 bits per heavy atom.